The highest BCUT2D eigenvalue weighted by Gasteiger charge is 2.15. The molecule has 0 aromatic carbocycles. The molecule has 2 heterocycles. The van der Waals surface area contributed by atoms with E-state index in [1.165, 1.54) is 17.6 Å². The lowest BCUT2D eigenvalue weighted by atomic mass is 10.3. The first-order valence-electron chi connectivity index (χ1n) is 5.66. The number of carbonyl (C=O) groups is 1. The van der Waals surface area contributed by atoms with Crippen LogP contribution < -0.4 is 16.8 Å². The molecular weight excluding hydrogens is 268 g/mol. The van der Waals surface area contributed by atoms with Gasteiger partial charge < -0.3 is 16.8 Å². The molecule has 1 aliphatic heterocycles. The molecule has 2 rings (SSSR count). The van der Waals surface area contributed by atoms with Gasteiger partial charge in [-0.15, -0.1) is 0 Å². The van der Waals surface area contributed by atoms with Crippen molar-refractivity contribution in [2.75, 3.05) is 34.9 Å². The van der Waals surface area contributed by atoms with Crippen molar-refractivity contribution in [3.05, 3.63) is 17.8 Å². The number of nitrogens with zero attached hydrogens (tertiary/aromatic N) is 1. The minimum absolute atomic E-state index is 0.234. The summed E-state index contributed by atoms with van der Waals surface area (Å²) in [5, 5.41) is 3.76. The summed E-state index contributed by atoms with van der Waals surface area (Å²) in [6.45, 7) is 0.803. The number of hydrogen-bond acceptors (Lipinski definition) is 6. The molecule has 1 aromatic rings. The van der Waals surface area contributed by atoms with Crippen LogP contribution in [0.1, 0.15) is 10.5 Å². The third-order valence-corrected chi connectivity index (χ3v) is 5.41. The second-order valence-electron chi connectivity index (χ2n) is 3.95. The number of pyridine rings is 1. The van der Waals surface area contributed by atoms with E-state index in [1.807, 2.05) is 23.5 Å². The molecule has 0 bridgehead atoms. The van der Waals surface area contributed by atoms with Gasteiger partial charge in [-0.2, -0.15) is 23.5 Å². The van der Waals surface area contributed by atoms with E-state index in [9.17, 15) is 4.79 Å². The minimum atomic E-state index is -0.541. The van der Waals surface area contributed by atoms with Gasteiger partial charge in [0, 0.05) is 29.1 Å². The van der Waals surface area contributed by atoms with Gasteiger partial charge in [0.1, 0.15) is 11.5 Å². The van der Waals surface area contributed by atoms with Crippen LogP contribution in [-0.2, 0) is 0 Å². The predicted molar refractivity (Wildman–Crippen MR) is 79.2 cm³/mol. The largest absolute Gasteiger partial charge is 0.396 e. The van der Waals surface area contributed by atoms with Gasteiger partial charge in [0.05, 0.1) is 5.69 Å². The number of nitrogen functional groups attached to an aromatic ring is 1. The van der Waals surface area contributed by atoms with Crippen LogP contribution in [0, 0.1) is 0 Å². The number of carbonyl (C=O) groups excluding carboxylic acids is 1. The highest BCUT2D eigenvalue weighted by atomic mass is 32.2. The number of nitrogens with two attached hydrogens (primary N) is 2. The number of anilines is 2. The fourth-order valence-electron chi connectivity index (χ4n) is 1.61. The number of primary amides is 1. The van der Waals surface area contributed by atoms with Crippen molar-refractivity contribution in [1.29, 1.82) is 0 Å². The van der Waals surface area contributed by atoms with Crippen molar-refractivity contribution in [3.63, 3.8) is 0 Å². The minimum Gasteiger partial charge on any atom is -0.396 e. The van der Waals surface area contributed by atoms with E-state index in [2.05, 4.69) is 10.3 Å². The van der Waals surface area contributed by atoms with Crippen molar-refractivity contribution in [2.45, 2.75) is 5.25 Å². The van der Waals surface area contributed by atoms with E-state index in [0.29, 0.717) is 16.8 Å². The highest BCUT2D eigenvalue weighted by molar-refractivity contribution is 8.06. The average molecular weight is 284 g/mol. The van der Waals surface area contributed by atoms with Gasteiger partial charge in [0.25, 0.3) is 5.91 Å². The zero-order valence-corrected chi connectivity index (χ0v) is 11.5. The quantitative estimate of drug-likeness (QED) is 0.764. The van der Waals surface area contributed by atoms with Gasteiger partial charge >= 0.3 is 0 Å². The Kier molecular flexibility index (Phi) is 4.60. The lowest BCUT2D eigenvalue weighted by Crippen LogP contribution is -2.24. The Labute approximate surface area is 114 Å². The Balaban J connectivity index is 1.99. The Morgan fingerprint density at radius 3 is 3.00 bits per heavy atom. The van der Waals surface area contributed by atoms with Crippen LogP contribution in [0.2, 0.25) is 0 Å². The van der Waals surface area contributed by atoms with Crippen LogP contribution in [0.4, 0.5) is 11.5 Å². The maximum absolute atomic E-state index is 11.1. The molecule has 1 unspecified atom stereocenters. The lowest BCUT2D eigenvalue weighted by Gasteiger charge is -2.21. The third kappa shape index (κ3) is 3.46. The molecule has 1 saturated heterocycles. The van der Waals surface area contributed by atoms with E-state index in [1.54, 1.807) is 6.07 Å². The van der Waals surface area contributed by atoms with Gasteiger partial charge in [-0.05, 0) is 12.1 Å². The first-order chi connectivity index (χ1) is 8.66. The topological polar surface area (TPSA) is 94.0 Å². The van der Waals surface area contributed by atoms with E-state index in [-0.39, 0.29) is 5.69 Å². The summed E-state index contributed by atoms with van der Waals surface area (Å²) in [6, 6.07) is 3.19. The maximum atomic E-state index is 11.1. The fourth-order valence-corrected chi connectivity index (χ4v) is 4.23. The Hall–Kier alpha value is -1.08. The number of thioether (sulfide) groups is 2. The van der Waals surface area contributed by atoms with Crippen LogP contribution in [0.15, 0.2) is 12.1 Å². The Morgan fingerprint density at radius 2 is 2.33 bits per heavy atom. The monoisotopic (exact) mass is 284 g/mol. The van der Waals surface area contributed by atoms with Gasteiger partial charge in [0.2, 0.25) is 0 Å². The first-order valence-corrected chi connectivity index (χ1v) is 7.86. The number of rotatable bonds is 4. The van der Waals surface area contributed by atoms with E-state index in [0.717, 1.165) is 12.3 Å². The summed E-state index contributed by atoms with van der Waals surface area (Å²) in [4.78, 5) is 15.2. The maximum Gasteiger partial charge on any atom is 0.267 e. The molecule has 5 nitrogen and oxygen atoms in total. The van der Waals surface area contributed by atoms with E-state index < -0.39 is 5.91 Å². The molecular formula is C11H16N4OS2. The fraction of sp³-hybridized carbons (Fsp3) is 0.455. The number of aromatic nitrogens is 1. The van der Waals surface area contributed by atoms with E-state index in [4.69, 9.17) is 11.5 Å². The summed E-state index contributed by atoms with van der Waals surface area (Å²) in [5.74, 6) is 3.54. The van der Waals surface area contributed by atoms with Crippen molar-refractivity contribution in [2.24, 2.45) is 5.73 Å². The Morgan fingerprint density at radius 1 is 1.50 bits per heavy atom. The standard InChI is InChI=1S/C11H16N4OS2/c12-8-1-2-9(10(13)16)15-11(8)14-5-7-6-17-3-4-18-7/h1-2,7H,3-6,12H2,(H2,13,16)(H,14,15). The van der Waals surface area contributed by atoms with Crippen LogP contribution in [0.25, 0.3) is 0 Å². The van der Waals surface area contributed by atoms with Crippen molar-refractivity contribution in [1.82, 2.24) is 4.98 Å². The van der Waals surface area contributed by atoms with Gasteiger partial charge in [-0.1, -0.05) is 0 Å². The molecule has 98 valence electrons. The van der Waals surface area contributed by atoms with Crippen LogP contribution in [0.5, 0.6) is 0 Å². The molecule has 0 spiro atoms. The number of amides is 1. The Bertz CT molecular complexity index is 435. The molecule has 0 radical (unpaired) electrons. The molecule has 5 N–H and O–H groups in total. The first kappa shape index (κ1) is 13.4. The van der Waals surface area contributed by atoms with Crippen molar-refractivity contribution in [3.8, 4) is 0 Å². The molecule has 1 aromatic heterocycles. The molecule has 1 fully saturated rings. The summed E-state index contributed by atoms with van der Waals surface area (Å²) in [6.07, 6.45) is 0. The molecule has 0 aliphatic carbocycles. The van der Waals surface area contributed by atoms with Gasteiger partial charge in [-0.25, -0.2) is 4.98 Å². The molecule has 0 saturated carbocycles. The summed E-state index contributed by atoms with van der Waals surface area (Å²) in [5.41, 5.74) is 11.8. The predicted octanol–water partition coefficient (Wildman–Crippen LogP) is 1.02. The molecule has 1 amide bonds. The number of hydrogen-bond donors (Lipinski definition) is 3. The zero-order chi connectivity index (χ0) is 13.0. The lowest BCUT2D eigenvalue weighted by molar-refractivity contribution is 0.0996. The van der Waals surface area contributed by atoms with Crippen molar-refractivity contribution >= 4 is 40.9 Å². The highest BCUT2D eigenvalue weighted by Crippen LogP contribution is 2.25. The van der Waals surface area contributed by atoms with Crippen molar-refractivity contribution < 1.29 is 4.79 Å². The van der Waals surface area contributed by atoms with Crippen LogP contribution >= 0.6 is 23.5 Å². The zero-order valence-electron chi connectivity index (χ0n) is 9.89. The van der Waals surface area contributed by atoms with Crippen LogP contribution in [0.3, 0.4) is 0 Å². The third-order valence-electron chi connectivity index (χ3n) is 2.56. The smallest absolute Gasteiger partial charge is 0.267 e. The molecule has 1 aliphatic rings. The second-order valence-corrected chi connectivity index (χ2v) is 6.51. The summed E-state index contributed by atoms with van der Waals surface area (Å²) in [7, 11) is 0. The second kappa shape index (κ2) is 6.19. The molecule has 7 heteroatoms. The van der Waals surface area contributed by atoms with E-state index >= 15 is 0 Å². The average Bonchev–Trinajstić information content (AvgIpc) is 2.38. The number of nitrogens with one attached hydrogen (secondary N) is 1. The van der Waals surface area contributed by atoms with Gasteiger partial charge in [-0.3, -0.25) is 4.79 Å². The molecule has 18 heavy (non-hydrogen) atoms. The van der Waals surface area contributed by atoms with Crippen LogP contribution in [-0.4, -0.2) is 39.9 Å². The SMILES string of the molecule is NC(=O)c1ccc(N)c(NCC2CSCCS2)n1. The summed E-state index contributed by atoms with van der Waals surface area (Å²) >= 11 is 3.92. The summed E-state index contributed by atoms with van der Waals surface area (Å²) < 4.78 is 0. The molecule has 1 atom stereocenters. The van der Waals surface area contributed by atoms with Gasteiger partial charge in [0.15, 0.2) is 0 Å². The normalized spacial score (nSPS) is 19.4.